The highest BCUT2D eigenvalue weighted by atomic mass is 16.5. The molecule has 3 rings (SSSR count). The summed E-state index contributed by atoms with van der Waals surface area (Å²) in [5.74, 6) is 0.247. The van der Waals surface area contributed by atoms with Crippen molar-refractivity contribution in [1.82, 2.24) is 0 Å². The largest absolute Gasteiger partial charge is 0.493 e. The zero-order valence-electron chi connectivity index (χ0n) is 14.1. The number of benzene rings is 2. The molecule has 5 nitrogen and oxygen atoms in total. The van der Waals surface area contributed by atoms with Gasteiger partial charge in [0.2, 0.25) is 0 Å². The first-order chi connectivity index (χ1) is 12.1. The summed E-state index contributed by atoms with van der Waals surface area (Å²) in [5.41, 5.74) is 0.532. The predicted octanol–water partition coefficient (Wildman–Crippen LogP) is 4.11. The van der Waals surface area contributed by atoms with E-state index in [0.29, 0.717) is 29.1 Å². The van der Waals surface area contributed by atoms with Crippen molar-refractivity contribution < 1.29 is 18.7 Å². The highest BCUT2D eigenvalue weighted by Crippen LogP contribution is 2.21. The van der Waals surface area contributed by atoms with E-state index in [1.165, 1.54) is 6.07 Å². The van der Waals surface area contributed by atoms with Gasteiger partial charge in [0.15, 0.2) is 0 Å². The average Bonchev–Trinajstić information content (AvgIpc) is 2.61. The monoisotopic (exact) mass is 338 g/mol. The maximum atomic E-state index is 12.3. The quantitative estimate of drug-likeness (QED) is 0.398. The third-order valence-electron chi connectivity index (χ3n) is 3.63. The van der Waals surface area contributed by atoms with Crippen LogP contribution in [-0.2, 0) is 0 Å². The van der Waals surface area contributed by atoms with Gasteiger partial charge >= 0.3 is 11.6 Å². The summed E-state index contributed by atoms with van der Waals surface area (Å²) in [5, 5.41) is 0.624. The zero-order chi connectivity index (χ0) is 17.8. The number of ether oxygens (including phenoxy) is 2. The average molecular weight is 338 g/mol. The maximum absolute atomic E-state index is 12.3. The van der Waals surface area contributed by atoms with Crippen molar-refractivity contribution in [2.24, 2.45) is 0 Å². The number of hydrogen-bond donors (Lipinski definition) is 0. The highest BCUT2D eigenvalue weighted by Gasteiger charge is 2.16. The van der Waals surface area contributed by atoms with E-state index in [0.717, 1.165) is 12.0 Å². The van der Waals surface area contributed by atoms with E-state index < -0.39 is 11.6 Å². The van der Waals surface area contributed by atoms with Crippen LogP contribution in [0.25, 0.3) is 11.0 Å². The smallest absolute Gasteiger partial charge is 0.351 e. The van der Waals surface area contributed by atoms with Crippen molar-refractivity contribution in [2.75, 3.05) is 6.61 Å². The topological polar surface area (TPSA) is 65.7 Å². The lowest BCUT2D eigenvalue weighted by molar-refractivity contribution is 0.0730. The van der Waals surface area contributed by atoms with Crippen LogP contribution < -0.4 is 15.1 Å². The molecule has 0 saturated heterocycles. The molecule has 0 aliphatic carbocycles. The summed E-state index contributed by atoms with van der Waals surface area (Å²) in [6.07, 6.45) is 0.881. The van der Waals surface area contributed by atoms with Crippen LogP contribution in [0, 0.1) is 6.92 Å². The SMILES string of the molecule is CCCOc1ccc2cc(C(=O)Oc3ccc(C)cc3)c(=O)oc2c1. The molecule has 0 bridgehead atoms. The highest BCUT2D eigenvalue weighted by molar-refractivity contribution is 5.94. The summed E-state index contributed by atoms with van der Waals surface area (Å²) in [6, 6.07) is 13.6. The molecule has 128 valence electrons. The lowest BCUT2D eigenvalue weighted by Crippen LogP contribution is -2.18. The molecule has 1 heterocycles. The first kappa shape index (κ1) is 16.8. The second-order valence-electron chi connectivity index (χ2n) is 5.70. The van der Waals surface area contributed by atoms with Crippen LogP contribution in [0.2, 0.25) is 0 Å². The molecule has 0 aliphatic rings. The van der Waals surface area contributed by atoms with E-state index >= 15 is 0 Å². The first-order valence-corrected chi connectivity index (χ1v) is 8.06. The van der Waals surface area contributed by atoms with E-state index in [-0.39, 0.29) is 5.56 Å². The van der Waals surface area contributed by atoms with Crippen molar-refractivity contribution in [3.05, 3.63) is 70.1 Å². The molecule has 2 aromatic carbocycles. The van der Waals surface area contributed by atoms with Gasteiger partial charge in [-0.1, -0.05) is 24.6 Å². The molecule has 1 aromatic heterocycles. The van der Waals surface area contributed by atoms with Gasteiger partial charge in [0.25, 0.3) is 0 Å². The molecule has 0 unspecified atom stereocenters. The van der Waals surface area contributed by atoms with Gasteiger partial charge in [-0.3, -0.25) is 0 Å². The number of esters is 1. The van der Waals surface area contributed by atoms with Gasteiger partial charge in [0.05, 0.1) is 6.61 Å². The van der Waals surface area contributed by atoms with Crippen molar-refractivity contribution in [2.45, 2.75) is 20.3 Å². The Morgan fingerprint density at radius 3 is 2.48 bits per heavy atom. The van der Waals surface area contributed by atoms with Crippen molar-refractivity contribution in [3.8, 4) is 11.5 Å². The Kier molecular flexibility index (Phi) is 4.84. The third kappa shape index (κ3) is 3.88. The summed E-state index contributed by atoms with van der Waals surface area (Å²) in [4.78, 5) is 24.4. The van der Waals surface area contributed by atoms with Crippen LogP contribution in [-0.4, -0.2) is 12.6 Å². The Morgan fingerprint density at radius 2 is 1.76 bits per heavy atom. The molecule has 0 fully saturated rings. The van der Waals surface area contributed by atoms with Gasteiger partial charge in [-0.2, -0.15) is 0 Å². The number of fused-ring (bicyclic) bond motifs is 1. The molecule has 25 heavy (non-hydrogen) atoms. The molecule has 0 N–H and O–H groups in total. The zero-order valence-corrected chi connectivity index (χ0v) is 14.1. The molecule has 0 spiro atoms. The fourth-order valence-corrected chi connectivity index (χ4v) is 2.31. The normalized spacial score (nSPS) is 10.6. The number of carbonyl (C=O) groups excluding carboxylic acids is 1. The van der Waals surface area contributed by atoms with Crippen LogP contribution in [0.3, 0.4) is 0 Å². The molecule has 0 radical (unpaired) electrons. The number of rotatable bonds is 5. The first-order valence-electron chi connectivity index (χ1n) is 8.06. The minimum atomic E-state index is -0.745. The van der Waals surface area contributed by atoms with Crippen LogP contribution in [0.5, 0.6) is 11.5 Å². The van der Waals surface area contributed by atoms with E-state index in [9.17, 15) is 9.59 Å². The Balaban J connectivity index is 1.88. The minimum Gasteiger partial charge on any atom is -0.493 e. The fourth-order valence-electron chi connectivity index (χ4n) is 2.31. The number of hydrogen-bond acceptors (Lipinski definition) is 5. The molecule has 0 atom stereocenters. The third-order valence-corrected chi connectivity index (χ3v) is 3.63. The Bertz CT molecular complexity index is 954. The van der Waals surface area contributed by atoms with Crippen molar-refractivity contribution in [1.29, 1.82) is 0 Å². The van der Waals surface area contributed by atoms with Gasteiger partial charge in [-0.25, -0.2) is 9.59 Å². The Hall–Kier alpha value is -3.08. The van der Waals surface area contributed by atoms with Crippen LogP contribution in [0.4, 0.5) is 0 Å². The summed E-state index contributed by atoms with van der Waals surface area (Å²) in [6.45, 7) is 4.52. The van der Waals surface area contributed by atoms with E-state index in [4.69, 9.17) is 13.9 Å². The number of carbonyl (C=O) groups is 1. The molecular formula is C20H18O5. The lowest BCUT2D eigenvalue weighted by atomic mass is 10.2. The molecular weight excluding hydrogens is 320 g/mol. The minimum absolute atomic E-state index is 0.143. The van der Waals surface area contributed by atoms with E-state index in [1.807, 2.05) is 26.0 Å². The second-order valence-corrected chi connectivity index (χ2v) is 5.70. The summed E-state index contributed by atoms with van der Waals surface area (Å²) >= 11 is 0. The second kappa shape index (κ2) is 7.21. The van der Waals surface area contributed by atoms with Gasteiger partial charge in [0.1, 0.15) is 22.6 Å². The predicted molar refractivity (Wildman–Crippen MR) is 94.4 cm³/mol. The van der Waals surface area contributed by atoms with E-state index in [1.54, 1.807) is 30.3 Å². The van der Waals surface area contributed by atoms with Gasteiger partial charge in [-0.05, 0) is 43.7 Å². The maximum Gasteiger partial charge on any atom is 0.351 e. The number of aryl methyl sites for hydroxylation is 1. The fraction of sp³-hybridized carbons (Fsp3) is 0.200. The Labute approximate surface area is 144 Å². The molecule has 3 aromatic rings. The standard InChI is InChI=1S/C20H18O5/c1-3-10-23-16-9-6-14-11-17(20(22)25-18(14)12-16)19(21)24-15-7-4-13(2)5-8-15/h4-9,11-12H,3,10H2,1-2H3. The van der Waals surface area contributed by atoms with Crippen LogP contribution >= 0.6 is 0 Å². The molecule has 0 amide bonds. The summed E-state index contributed by atoms with van der Waals surface area (Å²) in [7, 11) is 0. The van der Waals surface area contributed by atoms with Gasteiger partial charge in [0, 0.05) is 11.5 Å². The van der Waals surface area contributed by atoms with Gasteiger partial charge in [-0.15, -0.1) is 0 Å². The lowest BCUT2D eigenvalue weighted by Gasteiger charge is -2.07. The molecule has 0 saturated carbocycles. The summed E-state index contributed by atoms with van der Waals surface area (Å²) < 4.78 is 16.0. The Morgan fingerprint density at radius 1 is 1.04 bits per heavy atom. The molecule has 0 aliphatic heterocycles. The van der Waals surface area contributed by atoms with Gasteiger partial charge < -0.3 is 13.9 Å². The van der Waals surface area contributed by atoms with Crippen molar-refractivity contribution >= 4 is 16.9 Å². The van der Waals surface area contributed by atoms with Crippen LogP contribution in [0.1, 0.15) is 29.3 Å². The van der Waals surface area contributed by atoms with Crippen molar-refractivity contribution in [3.63, 3.8) is 0 Å². The molecule has 5 heteroatoms. The van der Waals surface area contributed by atoms with Crippen LogP contribution in [0.15, 0.2) is 57.7 Å². The van der Waals surface area contributed by atoms with E-state index in [2.05, 4.69) is 0 Å².